The number of nitrogens with one attached hydrogen (secondary N) is 1. The van der Waals surface area contributed by atoms with Gasteiger partial charge < -0.3 is 9.88 Å². The molecule has 0 aliphatic carbocycles. The Morgan fingerprint density at radius 2 is 2.11 bits per heavy atom. The Morgan fingerprint density at radius 3 is 2.68 bits per heavy atom. The Labute approximate surface area is 116 Å². The van der Waals surface area contributed by atoms with Crippen LogP contribution in [-0.4, -0.2) is 21.8 Å². The van der Waals surface area contributed by atoms with Gasteiger partial charge in [0, 0.05) is 23.5 Å². The van der Waals surface area contributed by atoms with Crippen molar-refractivity contribution < 1.29 is 4.39 Å². The highest BCUT2D eigenvalue weighted by molar-refractivity contribution is 7.99. The molecule has 0 aliphatic heterocycles. The van der Waals surface area contributed by atoms with Gasteiger partial charge in [-0.15, -0.1) is 10.2 Å². The molecule has 2 rings (SSSR count). The fraction of sp³-hybridized carbons (Fsp3) is 0.385. The second-order valence-electron chi connectivity index (χ2n) is 4.35. The number of aryl methyl sites for hydroxylation is 1. The summed E-state index contributed by atoms with van der Waals surface area (Å²) < 4.78 is 15.9. The highest BCUT2D eigenvalue weighted by Crippen LogP contribution is 2.33. The summed E-state index contributed by atoms with van der Waals surface area (Å²) in [5.41, 5.74) is 0.663. The number of nitrogens with zero attached hydrogens (tertiary/aromatic N) is 3. The van der Waals surface area contributed by atoms with Crippen molar-refractivity contribution in [3.63, 3.8) is 0 Å². The number of hydrogen-bond donors (Lipinski definition) is 1. The first kappa shape index (κ1) is 14.0. The third kappa shape index (κ3) is 2.79. The molecule has 1 heterocycles. The van der Waals surface area contributed by atoms with Crippen molar-refractivity contribution in [1.29, 1.82) is 0 Å². The van der Waals surface area contributed by atoms with Gasteiger partial charge in [-0.1, -0.05) is 6.07 Å². The van der Waals surface area contributed by atoms with Gasteiger partial charge in [0.15, 0.2) is 5.16 Å². The first-order chi connectivity index (χ1) is 9.04. The van der Waals surface area contributed by atoms with Crippen LogP contribution in [0.25, 0.3) is 0 Å². The first-order valence-corrected chi connectivity index (χ1v) is 6.85. The zero-order valence-corrected chi connectivity index (χ0v) is 12.3. The van der Waals surface area contributed by atoms with Crippen LogP contribution in [0.15, 0.2) is 28.3 Å². The predicted octanol–water partition coefficient (Wildman–Crippen LogP) is 2.69. The van der Waals surface area contributed by atoms with Crippen molar-refractivity contribution in [2.75, 3.05) is 7.05 Å². The van der Waals surface area contributed by atoms with Crippen LogP contribution < -0.4 is 5.32 Å². The van der Waals surface area contributed by atoms with Gasteiger partial charge in [0.05, 0.1) is 0 Å². The number of benzene rings is 1. The van der Waals surface area contributed by atoms with Crippen molar-refractivity contribution in [3.05, 3.63) is 35.4 Å². The maximum absolute atomic E-state index is 14.0. The maximum atomic E-state index is 14.0. The largest absolute Gasteiger partial charge is 0.313 e. The van der Waals surface area contributed by atoms with Crippen molar-refractivity contribution in [1.82, 2.24) is 20.1 Å². The van der Waals surface area contributed by atoms with Gasteiger partial charge in [-0.25, -0.2) is 4.39 Å². The fourth-order valence-corrected chi connectivity index (χ4v) is 2.82. The average molecular weight is 280 g/mol. The molecule has 1 aromatic carbocycles. The van der Waals surface area contributed by atoms with Gasteiger partial charge in [0.25, 0.3) is 0 Å². The van der Waals surface area contributed by atoms with E-state index in [1.807, 2.05) is 38.6 Å². The molecule has 6 heteroatoms. The standard InChI is InChI=1S/C13H17FN4S/c1-8(15-3)12-10(14)6-5-7-11(12)19-13-17-16-9(2)18(13)4/h5-8,15H,1-4H3. The molecule has 0 aliphatic rings. The van der Waals surface area contributed by atoms with E-state index < -0.39 is 0 Å². The molecule has 1 N–H and O–H groups in total. The molecule has 4 nitrogen and oxygen atoms in total. The van der Waals surface area contributed by atoms with Gasteiger partial charge in [0.2, 0.25) is 0 Å². The lowest BCUT2D eigenvalue weighted by molar-refractivity contribution is 0.552. The zero-order chi connectivity index (χ0) is 14.0. The average Bonchev–Trinajstić information content (AvgIpc) is 2.70. The van der Waals surface area contributed by atoms with Gasteiger partial charge in [-0.2, -0.15) is 0 Å². The molecule has 1 atom stereocenters. The highest BCUT2D eigenvalue weighted by atomic mass is 32.2. The lowest BCUT2D eigenvalue weighted by Crippen LogP contribution is -2.15. The van der Waals surface area contributed by atoms with E-state index in [9.17, 15) is 4.39 Å². The van der Waals surface area contributed by atoms with Crippen LogP contribution in [-0.2, 0) is 7.05 Å². The molecule has 0 amide bonds. The third-order valence-corrected chi connectivity index (χ3v) is 4.25. The highest BCUT2D eigenvalue weighted by Gasteiger charge is 2.17. The summed E-state index contributed by atoms with van der Waals surface area (Å²) >= 11 is 1.43. The molecule has 0 saturated carbocycles. The van der Waals surface area contributed by atoms with Gasteiger partial charge in [-0.3, -0.25) is 0 Å². The number of halogens is 1. The van der Waals surface area contributed by atoms with Crippen LogP contribution >= 0.6 is 11.8 Å². The minimum atomic E-state index is -0.203. The second-order valence-corrected chi connectivity index (χ2v) is 5.36. The third-order valence-electron chi connectivity index (χ3n) is 3.13. The molecule has 102 valence electrons. The van der Waals surface area contributed by atoms with E-state index >= 15 is 0 Å². The minimum absolute atomic E-state index is 0.0574. The molecule has 19 heavy (non-hydrogen) atoms. The van der Waals surface area contributed by atoms with Crippen molar-refractivity contribution in [2.45, 2.75) is 29.9 Å². The van der Waals surface area contributed by atoms with Crippen LogP contribution in [0.2, 0.25) is 0 Å². The Kier molecular flexibility index (Phi) is 4.21. The Balaban J connectivity index is 2.40. The zero-order valence-electron chi connectivity index (χ0n) is 11.4. The van der Waals surface area contributed by atoms with E-state index in [2.05, 4.69) is 15.5 Å². The molecule has 0 fully saturated rings. The maximum Gasteiger partial charge on any atom is 0.195 e. The normalized spacial score (nSPS) is 12.7. The summed E-state index contributed by atoms with van der Waals surface area (Å²) in [6.45, 7) is 3.82. The fourth-order valence-electron chi connectivity index (χ4n) is 1.75. The lowest BCUT2D eigenvalue weighted by atomic mass is 10.1. The second kappa shape index (κ2) is 5.71. The summed E-state index contributed by atoms with van der Waals surface area (Å²) in [6, 6.07) is 5.04. The minimum Gasteiger partial charge on any atom is -0.313 e. The summed E-state index contributed by atoms with van der Waals surface area (Å²) in [5.74, 6) is 0.632. The van der Waals surface area contributed by atoms with Crippen LogP contribution in [0.1, 0.15) is 24.4 Å². The van der Waals surface area contributed by atoms with Crippen LogP contribution in [0, 0.1) is 12.7 Å². The topological polar surface area (TPSA) is 42.7 Å². The molecule has 0 spiro atoms. The summed E-state index contributed by atoms with van der Waals surface area (Å²) in [4.78, 5) is 0.859. The number of rotatable bonds is 4. The van der Waals surface area contributed by atoms with Crippen LogP contribution in [0.3, 0.4) is 0 Å². The molecule has 0 radical (unpaired) electrons. The molecule has 1 unspecified atom stereocenters. The monoisotopic (exact) mass is 280 g/mol. The van der Waals surface area contributed by atoms with Crippen LogP contribution in [0.4, 0.5) is 4.39 Å². The predicted molar refractivity (Wildman–Crippen MR) is 73.7 cm³/mol. The van der Waals surface area contributed by atoms with E-state index in [0.29, 0.717) is 5.56 Å². The SMILES string of the molecule is CNC(C)c1c(F)cccc1Sc1nnc(C)n1C. The van der Waals surface area contributed by atoms with Gasteiger partial charge >= 0.3 is 0 Å². The molecular formula is C13H17FN4S. The molecule has 1 aromatic heterocycles. The van der Waals surface area contributed by atoms with E-state index in [1.54, 1.807) is 6.07 Å². The van der Waals surface area contributed by atoms with E-state index in [0.717, 1.165) is 15.9 Å². The Morgan fingerprint density at radius 1 is 1.37 bits per heavy atom. The van der Waals surface area contributed by atoms with E-state index in [-0.39, 0.29) is 11.9 Å². The Bertz CT molecular complexity index is 582. The molecule has 0 bridgehead atoms. The summed E-state index contributed by atoms with van der Waals surface area (Å²) in [7, 11) is 3.72. The Hall–Kier alpha value is -1.40. The molecule has 2 aromatic rings. The summed E-state index contributed by atoms with van der Waals surface area (Å²) in [6.07, 6.45) is 0. The smallest absolute Gasteiger partial charge is 0.195 e. The lowest BCUT2D eigenvalue weighted by Gasteiger charge is -2.16. The molecular weight excluding hydrogens is 263 g/mol. The van der Waals surface area contributed by atoms with Gasteiger partial charge in [0.1, 0.15) is 11.6 Å². The van der Waals surface area contributed by atoms with Crippen molar-refractivity contribution >= 4 is 11.8 Å². The molecule has 0 saturated heterocycles. The van der Waals surface area contributed by atoms with Crippen molar-refractivity contribution in [2.24, 2.45) is 7.05 Å². The van der Waals surface area contributed by atoms with E-state index in [1.165, 1.54) is 17.8 Å². The van der Waals surface area contributed by atoms with Crippen LogP contribution in [0.5, 0.6) is 0 Å². The number of aromatic nitrogens is 3. The number of hydrogen-bond acceptors (Lipinski definition) is 4. The first-order valence-electron chi connectivity index (χ1n) is 6.04. The summed E-state index contributed by atoms with van der Waals surface area (Å²) in [5, 5.41) is 11.9. The van der Waals surface area contributed by atoms with Gasteiger partial charge in [-0.05, 0) is 44.8 Å². The van der Waals surface area contributed by atoms with E-state index in [4.69, 9.17) is 0 Å². The van der Waals surface area contributed by atoms with Crippen molar-refractivity contribution in [3.8, 4) is 0 Å². The quantitative estimate of drug-likeness (QED) is 0.935.